The number of non-ortho nitro benzene ring substituents is 1. The molecule has 1 fully saturated rings. The Kier molecular flexibility index (Phi) is 9.34. The zero-order chi connectivity index (χ0) is 16.5. The normalized spacial score (nSPS) is 16.4. The van der Waals surface area contributed by atoms with E-state index in [1.165, 1.54) is 18.6 Å². The van der Waals surface area contributed by atoms with Crippen LogP contribution in [0.3, 0.4) is 0 Å². The van der Waals surface area contributed by atoms with Crippen LogP contribution in [-0.2, 0) is 11.2 Å². The third-order valence-electron chi connectivity index (χ3n) is 4.30. The molecule has 0 radical (unpaired) electrons. The van der Waals surface area contributed by atoms with E-state index in [-0.39, 0.29) is 28.9 Å². The van der Waals surface area contributed by atoms with E-state index in [0.29, 0.717) is 18.9 Å². The number of hydrogen-bond donors (Lipinski definition) is 2. The highest BCUT2D eigenvalue weighted by Gasteiger charge is 2.15. The van der Waals surface area contributed by atoms with Crippen molar-refractivity contribution in [1.82, 2.24) is 10.6 Å². The van der Waals surface area contributed by atoms with Gasteiger partial charge in [-0.05, 0) is 56.7 Å². The molecule has 1 amide bonds. The summed E-state index contributed by atoms with van der Waals surface area (Å²) in [7, 11) is 0. The minimum absolute atomic E-state index is 0. The van der Waals surface area contributed by atoms with E-state index in [1.54, 1.807) is 12.1 Å². The van der Waals surface area contributed by atoms with Crippen LogP contribution in [0.4, 0.5) is 5.69 Å². The molecule has 2 rings (SSSR count). The first-order valence-electron chi connectivity index (χ1n) is 8.36. The summed E-state index contributed by atoms with van der Waals surface area (Å²) < 4.78 is 0. The summed E-state index contributed by atoms with van der Waals surface area (Å²) in [5, 5.41) is 16.9. The molecule has 2 N–H and O–H groups in total. The Labute approximate surface area is 149 Å². The van der Waals surface area contributed by atoms with Crippen molar-refractivity contribution in [3.05, 3.63) is 39.9 Å². The lowest BCUT2D eigenvalue weighted by Crippen LogP contribution is -2.25. The number of halogens is 1. The van der Waals surface area contributed by atoms with Gasteiger partial charge >= 0.3 is 0 Å². The first-order valence-corrected chi connectivity index (χ1v) is 8.36. The average molecular weight is 356 g/mol. The highest BCUT2D eigenvalue weighted by atomic mass is 35.5. The molecule has 24 heavy (non-hydrogen) atoms. The van der Waals surface area contributed by atoms with Crippen molar-refractivity contribution >= 4 is 24.0 Å². The number of amides is 1. The Bertz CT molecular complexity index is 516. The molecule has 1 aliphatic rings. The van der Waals surface area contributed by atoms with E-state index < -0.39 is 0 Å². The van der Waals surface area contributed by atoms with Crippen LogP contribution in [0.25, 0.3) is 0 Å². The summed E-state index contributed by atoms with van der Waals surface area (Å²) >= 11 is 0. The molecular formula is C17H26ClN3O3. The molecule has 134 valence electrons. The predicted molar refractivity (Wildman–Crippen MR) is 96.5 cm³/mol. The fraction of sp³-hybridized carbons (Fsp3) is 0.588. The fourth-order valence-corrected chi connectivity index (χ4v) is 2.85. The van der Waals surface area contributed by atoms with Crippen molar-refractivity contribution in [2.75, 3.05) is 19.6 Å². The van der Waals surface area contributed by atoms with Gasteiger partial charge in [-0.3, -0.25) is 14.9 Å². The Balaban J connectivity index is 0.00000288. The molecule has 7 heteroatoms. The van der Waals surface area contributed by atoms with Crippen molar-refractivity contribution < 1.29 is 9.72 Å². The summed E-state index contributed by atoms with van der Waals surface area (Å²) in [5.41, 5.74) is 1.22. The van der Waals surface area contributed by atoms with Crippen molar-refractivity contribution in [2.24, 2.45) is 5.92 Å². The van der Waals surface area contributed by atoms with Crippen LogP contribution in [0.1, 0.15) is 37.7 Å². The number of nitrogens with zero attached hydrogens (tertiary/aromatic N) is 1. The minimum Gasteiger partial charge on any atom is -0.356 e. The average Bonchev–Trinajstić information content (AvgIpc) is 3.06. The van der Waals surface area contributed by atoms with Crippen LogP contribution < -0.4 is 10.6 Å². The summed E-state index contributed by atoms with van der Waals surface area (Å²) in [4.78, 5) is 21.9. The van der Waals surface area contributed by atoms with Crippen LogP contribution in [0.15, 0.2) is 24.3 Å². The molecule has 1 unspecified atom stereocenters. The van der Waals surface area contributed by atoms with Crippen molar-refractivity contribution in [2.45, 2.75) is 38.5 Å². The number of nitrogens with one attached hydrogen (secondary N) is 2. The van der Waals surface area contributed by atoms with Gasteiger partial charge in [0.2, 0.25) is 5.91 Å². The van der Waals surface area contributed by atoms with E-state index in [9.17, 15) is 14.9 Å². The van der Waals surface area contributed by atoms with E-state index in [1.807, 2.05) is 0 Å². The summed E-state index contributed by atoms with van der Waals surface area (Å²) in [6.45, 7) is 2.83. The van der Waals surface area contributed by atoms with Crippen LogP contribution in [0, 0.1) is 16.0 Å². The molecule has 0 aromatic heterocycles. The molecule has 1 aliphatic heterocycles. The second-order valence-corrected chi connectivity index (χ2v) is 6.13. The van der Waals surface area contributed by atoms with Gasteiger partial charge in [0, 0.05) is 25.1 Å². The van der Waals surface area contributed by atoms with Gasteiger partial charge in [0.15, 0.2) is 0 Å². The van der Waals surface area contributed by atoms with Crippen molar-refractivity contribution in [3.63, 3.8) is 0 Å². The topological polar surface area (TPSA) is 84.3 Å². The number of nitro benzene ring substituents is 1. The van der Waals surface area contributed by atoms with E-state index >= 15 is 0 Å². The van der Waals surface area contributed by atoms with Crippen LogP contribution >= 0.6 is 12.4 Å². The van der Waals surface area contributed by atoms with Gasteiger partial charge in [0.05, 0.1) is 4.92 Å². The van der Waals surface area contributed by atoms with Gasteiger partial charge in [-0.2, -0.15) is 0 Å². The molecule has 1 atom stereocenters. The molecule has 0 bridgehead atoms. The summed E-state index contributed by atoms with van der Waals surface area (Å²) in [5.74, 6) is 0.801. The van der Waals surface area contributed by atoms with Crippen molar-refractivity contribution in [1.29, 1.82) is 0 Å². The van der Waals surface area contributed by atoms with Gasteiger partial charge < -0.3 is 10.6 Å². The lowest BCUT2D eigenvalue weighted by molar-refractivity contribution is -0.384. The zero-order valence-corrected chi connectivity index (χ0v) is 14.6. The quantitative estimate of drug-likeness (QED) is 0.405. The largest absolute Gasteiger partial charge is 0.356 e. The van der Waals surface area contributed by atoms with E-state index in [2.05, 4.69) is 10.6 Å². The first kappa shape index (κ1) is 20.4. The zero-order valence-electron chi connectivity index (χ0n) is 13.8. The SMILES string of the molecule is Cl.O=C(CCC1CCNC1)NCCCCc1ccc([N+](=O)[O-])cc1. The molecule has 1 saturated heterocycles. The molecule has 1 aromatic rings. The highest BCUT2D eigenvalue weighted by Crippen LogP contribution is 2.14. The molecule has 1 heterocycles. The Morgan fingerprint density at radius 2 is 2.04 bits per heavy atom. The molecule has 0 spiro atoms. The van der Waals surface area contributed by atoms with Gasteiger partial charge in [-0.25, -0.2) is 0 Å². The molecule has 6 nitrogen and oxygen atoms in total. The monoisotopic (exact) mass is 355 g/mol. The molecule has 0 aliphatic carbocycles. The first-order chi connectivity index (χ1) is 11.1. The van der Waals surface area contributed by atoms with Crippen LogP contribution in [0.2, 0.25) is 0 Å². The summed E-state index contributed by atoms with van der Waals surface area (Å²) in [6, 6.07) is 6.67. The Morgan fingerprint density at radius 3 is 2.67 bits per heavy atom. The number of carbonyl (C=O) groups is 1. The van der Waals surface area contributed by atoms with Gasteiger partial charge in [0.1, 0.15) is 0 Å². The fourth-order valence-electron chi connectivity index (χ4n) is 2.85. The van der Waals surface area contributed by atoms with Gasteiger partial charge in [-0.1, -0.05) is 12.1 Å². The maximum absolute atomic E-state index is 11.7. The molecule has 1 aromatic carbocycles. The lowest BCUT2D eigenvalue weighted by Gasteiger charge is -2.08. The number of unbranched alkanes of at least 4 members (excludes halogenated alkanes) is 1. The second kappa shape index (κ2) is 11.0. The minimum atomic E-state index is -0.388. The van der Waals surface area contributed by atoms with Crippen molar-refractivity contribution in [3.8, 4) is 0 Å². The van der Waals surface area contributed by atoms with Gasteiger partial charge in [0.25, 0.3) is 5.69 Å². The standard InChI is InChI=1S/C17H25N3O3.ClH/c21-17(9-6-15-10-12-18-13-15)19-11-2-1-3-14-4-7-16(8-5-14)20(22)23;/h4-5,7-8,15,18H,1-3,6,9-13H2,(H,19,21);1H. The third-order valence-corrected chi connectivity index (χ3v) is 4.30. The smallest absolute Gasteiger partial charge is 0.269 e. The number of nitro groups is 1. The third kappa shape index (κ3) is 7.27. The maximum atomic E-state index is 11.7. The number of benzene rings is 1. The Morgan fingerprint density at radius 1 is 1.29 bits per heavy atom. The lowest BCUT2D eigenvalue weighted by atomic mass is 10.0. The number of aryl methyl sites for hydroxylation is 1. The summed E-state index contributed by atoms with van der Waals surface area (Å²) in [6.07, 6.45) is 5.54. The van der Waals surface area contributed by atoms with Crippen LogP contribution in [-0.4, -0.2) is 30.5 Å². The number of hydrogen-bond acceptors (Lipinski definition) is 4. The maximum Gasteiger partial charge on any atom is 0.269 e. The number of carbonyl (C=O) groups excluding carboxylic acids is 1. The molecule has 0 saturated carbocycles. The van der Waals surface area contributed by atoms with E-state index in [4.69, 9.17) is 0 Å². The number of rotatable bonds is 9. The highest BCUT2D eigenvalue weighted by molar-refractivity contribution is 5.85. The molecular weight excluding hydrogens is 330 g/mol. The van der Waals surface area contributed by atoms with Gasteiger partial charge in [-0.15, -0.1) is 12.4 Å². The van der Waals surface area contributed by atoms with E-state index in [0.717, 1.165) is 44.3 Å². The van der Waals surface area contributed by atoms with Crippen LogP contribution in [0.5, 0.6) is 0 Å². The Hall–Kier alpha value is -1.66. The predicted octanol–water partition coefficient (Wildman–Crippen LogP) is 2.85. The second-order valence-electron chi connectivity index (χ2n) is 6.13.